The molecule has 0 fully saturated rings. The van der Waals surface area contributed by atoms with Crippen molar-refractivity contribution in [2.45, 2.75) is 39.2 Å². The Morgan fingerprint density at radius 2 is 2.10 bits per heavy atom. The largest absolute Gasteiger partial charge is 0.379 e. The van der Waals surface area contributed by atoms with Crippen molar-refractivity contribution in [3.8, 4) is 6.07 Å². The second kappa shape index (κ2) is 6.57. The van der Waals surface area contributed by atoms with Crippen LogP contribution in [0.15, 0.2) is 0 Å². The number of nitriles is 1. The maximum Gasteiger partial charge on any atom is 0.0621 e. The van der Waals surface area contributed by atoms with E-state index in [1.807, 2.05) is 13.8 Å². The van der Waals surface area contributed by atoms with E-state index in [4.69, 9.17) is 10.00 Å². The molecule has 0 aromatic heterocycles. The van der Waals surface area contributed by atoms with Crippen LogP contribution in [0.4, 0.5) is 0 Å². The van der Waals surface area contributed by atoms with Crippen LogP contribution in [0.3, 0.4) is 0 Å². The zero-order valence-corrected chi connectivity index (χ0v) is 6.76. The van der Waals surface area contributed by atoms with Crippen LogP contribution < -0.4 is 0 Å². The zero-order valence-electron chi connectivity index (χ0n) is 6.76. The molecule has 0 amide bonds. The van der Waals surface area contributed by atoms with Crippen LogP contribution in [0.5, 0.6) is 0 Å². The Bertz CT molecular complexity index is 104. The number of unbranched alkanes of at least 4 members (excludes halogenated alkanes) is 2. The molecular formula is C8H15NO. The van der Waals surface area contributed by atoms with Gasteiger partial charge in [0.2, 0.25) is 0 Å². The second-order valence-corrected chi connectivity index (χ2v) is 2.53. The van der Waals surface area contributed by atoms with E-state index in [-0.39, 0.29) is 0 Å². The molecule has 0 rings (SSSR count). The molecule has 0 heterocycles. The van der Waals surface area contributed by atoms with Crippen molar-refractivity contribution in [1.29, 1.82) is 5.26 Å². The van der Waals surface area contributed by atoms with Crippen molar-refractivity contribution in [3.63, 3.8) is 0 Å². The highest BCUT2D eigenvalue weighted by Crippen LogP contribution is 1.96. The standard InChI is InChI=1S/C8H15NO/c1-8(2)10-7-5-3-4-6-9/h8H,3-5,7H2,1-2H3. The SMILES string of the molecule is CC(C)OCCCCC#N. The monoisotopic (exact) mass is 141 g/mol. The highest BCUT2D eigenvalue weighted by molar-refractivity contribution is 4.67. The quantitative estimate of drug-likeness (QED) is 0.549. The van der Waals surface area contributed by atoms with Crippen LogP contribution in [0.2, 0.25) is 0 Å². The van der Waals surface area contributed by atoms with Crippen molar-refractivity contribution in [1.82, 2.24) is 0 Å². The minimum atomic E-state index is 0.321. The molecule has 2 heteroatoms. The van der Waals surface area contributed by atoms with Crippen LogP contribution in [-0.4, -0.2) is 12.7 Å². The van der Waals surface area contributed by atoms with Gasteiger partial charge in [-0.1, -0.05) is 0 Å². The van der Waals surface area contributed by atoms with Crippen molar-refractivity contribution in [3.05, 3.63) is 0 Å². The van der Waals surface area contributed by atoms with E-state index >= 15 is 0 Å². The van der Waals surface area contributed by atoms with E-state index in [0.29, 0.717) is 12.5 Å². The smallest absolute Gasteiger partial charge is 0.0621 e. The summed E-state index contributed by atoms with van der Waals surface area (Å²) in [5, 5.41) is 8.18. The van der Waals surface area contributed by atoms with E-state index in [1.54, 1.807) is 0 Å². The normalized spacial score (nSPS) is 9.80. The Labute approximate surface area is 62.8 Å². The first kappa shape index (κ1) is 9.45. The van der Waals surface area contributed by atoms with Crippen molar-refractivity contribution in [2.75, 3.05) is 6.61 Å². The van der Waals surface area contributed by atoms with Crippen molar-refractivity contribution >= 4 is 0 Å². The third-order valence-electron chi connectivity index (χ3n) is 1.13. The molecule has 0 aromatic rings. The molecule has 58 valence electrons. The van der Waals surface area contributed by atoms with E-state index in [2.05, 4.69) is 6.07 Å². The molecule has 0 spiro atoms. The second-order valence-electron chi connectivity index (χ2n) is 2.53. The fraction of sp³-hybridized carbons (Fsp3) is 0.875. The molecular weight excluding hydrogens is 126 g/mol. The average Bonchev–Trinajstić information content (AvgIpc) is 1.87. The van der Waals surface area contributed by atoms with Gasteiger partial charge in [-0.3, -0.25) is 0 Å². The fourth-order valence-corrected chi connectivity index (χ4v) is 0.625. The third-order valence-corrected chi connectivity index (χ3v) is 1.13. The van der Waals surface area contributed by atoms with E-state index < -0.39 is 0 Å². The van der Waals surface area contributed by atoms with E-state index in [9.17, 15) is 0 Å². The predicted molar refractivity (Wildman–Crippen MR) is 40.6 cm³/mol. The third kappa shape index (κ3) is 7.45. The molecule has 0 aliphatic rings. The van der Waals surface area contributed by atoms with Gasteiger partial charge in [-0.15, -0.1) is 0 Å². The average molecular weight is 141 g/mol. The van der Waals surface area contributed by atoms with Crippen molar-refractivity contribution in [2.24, 2.45) is 0 Å². The first-order valence-corrected chi connectivity index (χ1v) is 3.76. The summed E-state index contributed by atoms with van der Waals surface area (Å²) in [4.78, 5) is 0. The Kier molecular flexibility index (Phi) is 6.21. The maximum absolute atomic E-state index is 8.18. The van der Waals surface area contributed by atoms with Crippen molar-refractivity contribution < 1.29 is 4.74 Å². The number of hydrogen-bond donors (Lipinski definition) is 0. The number of nitrogens with zero attached hydrogens (tertiary/aromatic N) is 1. The van der Waals surface area contributed by atoms with Gasteiger partial charge < -0.3 is 4.74 Å². The maximum atomic E-state index is 8.18. The molecule has 0 atom stereocenters. The van der Waals surface area contributed by atoms with Gasteiger partial charge in [0.1, 0.15) is 0 Å². The summed E-state index contributed by atoms with van der Waals surface area (Å²) >= 11 is 0. The lowest BCUT2D eigenvalue weighted by Crippen LogP contribution is -2.03. The molecule has 0 aliphatic carbocycles. The molecule has 0 radical (unpaired) electrons. The van der Waals surface area contributed by atoms with Gasteiger partial charge in [-0.2, -0.15) is 5.26 Å². The summed E-state index contributed by atoms with van der Waals surface area (Å²) in [6, 6.07) is 2.10. The minimum absolute atomic E-state index is 0.321. The lowest BCUT2D eigenvalue weighted by molar-refractivity contribution is 0.0762. The molecule has 0 bridgehead atoms. The zero-order chi connectivity index (χ0) is 7.82. The number of ether oxygens (including phenoxy) is 1. The number of hydrogen-bond acceptors (Lipinski definition) is 2. The van der Waals surface area contributed by atoms with Gasteiger partial charge in [-0.05, 0) is 26.7 Å². The lowest BCUT2D eigenvalue weighted by atomic mass is 10.2. The molecule has 0 aromatic carbocycles. The Morgan fingerprint density at radius 3 is 2.60 bits per heavy atom. The molecule has 2 nitrogen and oxygen atoms in total. The molecule has 0 unspecified atom stereocenters. The molecule has 0 N–H and O–H groups in total. The van der Waals surface area contributed by atoms with Crippen LogP contribution >= 0.6 is 0 Å². The predicted octanol–water partition coefficient (Wildman–Crippen LogP) is 2.11. The first-order chi connectivity index (χ1) is 4.77. The van der Waals surface area contributed by atoms with Gasteiger partial charge in [-0.25, -0.2) is 0 Å². The highest BCUT2D eigenvalue weighted by atomic mass is 16.5. The molecule has 0 aliphatic heterocycles. The Hall–Kier alpha value is -0.550. The number of rotatable bonds is 5. The summed E-state index contributed by atoms with van der Waals surface area (Å²) in [5.41, 5.74) is 0. The first-order valence-electron chi connectivity index (χ1n) is 3.76. The van der Waals surface area contributed by atoms with Crippen LogP contribution in [0, 0.1) is 11.3 Å². The summed E-state index contributed by atoms with van der Waals surface area (Å²) in [7, 11) is 0. The van der Waals surface area contributed by atoms with Gasteiger partial charge in [0.25, 0.3) is 0 Å². The van der Waals surface area contributed by atoms with Crippen LogP contribution in [0.25, 0.3) is 0 Å². The van der Waals surface area contributed by atoms with E-state index in [1.165, 1.54) is 0 Å². The van der Waals surface area contributed by atoms with Gasteiger partial charge in [0.05, 0.1) is 12.2 Å². The Balaban J connectivity index is 2.86. The summed E-state index contributed by atoms with van der Waals surface area (Å²) < 4.78 is 5.28. The van der Waals surface area contributed by atoms with Crippen LogP contribution in [0.1, 0.15) is 33.1 Å². The summed E-state index contributed by atoms with van der Waals surface area (Å²) in [6.45, 7) is 4.83. The summed E-state index contributed by atoms with van der Waals surface area (Å²) in [6.07, 6.45) is 2.94. The molecule has 10 heavy (non-hydrogen) atoms. The van der Waals surface area contributed by atoms with E-state index in [0.717, 1.165) is 19.4 Å². The highest BCUT2D eigenvalue weighted by Gasteiger charge is 1.91. The molecule has 0 saturated carbocycles. The Morgan fingerprint density at radius 1 is 1.40 bits per heavy atom. The topological polar surface area (TPSA) is 33.0 Å². The fourth-order valence-electron chi connectivity index (χ4n) is 0.625. The van der Waals surface area contributed by atoms with Gasteiger partial charge in [0.15, 0.2) is 0 Å². The van der Waals surface area contributed by atoms with Gasteiger partial charge in [0, 0.05) is 13.0 Å². The lowest BCUT2D eigenvalue weighted by Gasteiger charge is -2.05. The summed E-state index contributed by atoms with van der Waals surface area (Å²) in [5.74, 6) is 0. The minimum Gasteiger partial charge on any atom is -0.379 e. The van der Waals surface area contributed by atoms with Crippen LogP contribution in [-0.2, 0) is 4.74 Å². The van der Waals surface area contributed by atoms with Gasteiger partial charge >= 0.3 is 0 Å². The molecule has 0 saturated heterocycles.